The summed E-state index contributed by atoms with van der Waals surface area (Å²) in [5.41, 5.74) is 1.46. The summed E-state index contributed by atoms with van der Waals surface area (Å²) in [5, 5.41) is 22.6. The number of aliphatic hydroxyl groups excluding tert-OH is 1. The molecule has 0 saturated carbocycles. The number of benzene rings is 1. The van der Waals surface area contributed by atoms with E-state index in [0.717, 1.165) is 12.1 Å². The van der Waals surface area contributed by atoms with E-state index < -0.39 is 4.92 Å². The standard InChI is InChI=1S/C12H19N3O3/c1-3-14(6-7-16)9-10-4-5-11(13-2)12(8-10)15(17)18/h4-5,8,13,16H,3,6-7,9H2,1-2H3. The van der Waals surface area contributed by atoms with Crippen molar-refractivity contribution in [3.8, 4) is 0 Å². The summed E-state index contributed by atoms with van der Waals surface area (Å²) in [6, 6.07) is 5.14. The number of anilines is 1. The molecule has 0 spiro atoms. The summed E-state index contributed by atoms with van der Waals surface area (Å²) in [6.07, 6.45) is 0. The van der Waals surface area contributed by atoms with Gasteiger partial charge in [0.2, 0.25) is 0 Å². The van der Waals surface area contributed by atoms with E-state index in [4.69, 9.17) is 5.11 Å². The number of nitrogens with one attached hydrogen (secondary N) is 1. The van der Waals surface area contributed by atoms with E-state index in [-0.39, 0.29) is 12.3 Å². The molecule has 0 amide bonds. The van der Waals surface area contributed by atoms with Crippen LogP contribution in [0.4, 0.5) is 11.4 Å². The van der Waals surface area contributed by atoms with E-state index in [1.165, 1.54) is 0 Å². The van der Waals surface area contributed by atoms with Gasteiger partial charge in [0.05, 0.1) is 11.5 Å². The summed E-state index contributed by atoms with van der Waals surface area (Å²) < 4.78 is 0. The van der Waals surface area contributed by atoms with Crippen LogP contribution in [0.15, 0.2) is 18.2 Å². The van der Waals surface area contributed by atoms with Gasteiger partial charge in [0.1, 0.15) is 5.69 Å². The topological polar surface area (TPSA) is 78.6 Å². The number of likely N-dealkylation sites (N-methyl/N-ethyl adjacent to an activating group) is 1. The zero-order valence-electron chi connectivity index (χ0n) is 10.7. The molecule has 18 heavy (non-hydrogen) atoms. The van der Waals surface area contributed by atoms with Gasteiger partial charge < -0.3 is 10.4 Å². The van der Waals surface area contributed by atoms with Crippen LogP contribution in [0.5, 0.6) is 0 Å². The Hall–Kier alpha value is -1.66. The number of nitro groups is 1. The van der Waals surface area contributed by atoms with Gasteiger partial charge in [0.15, 0.2) is 0 Å². The van der Waals surface area contributed by atoms with Crippen LogP contribution in [-0.4, -0.2) is 41.7 Å². The summed E-state index contributed by atoms with van der Waals surface area (Å²) >= 11 is 0. The molecule has 6 heteroatoms. The Labute approximate surface area is 106 Å². The van der Waals surface area contributed by atoms with E-state index in [1.807, 2.05) is 17.9 Å². The van der Waals surface area contributed by atoms with Gasteiger partial charge >= 0.3 is 0 Å². The van der Waals surface area contributed by atoms with Crippen molar-refractivity contribution in [3.63, 3.8) is 0 Å². The smallest absolute Gasteiger partial charge is 0.292 e. The molecular formula is C12H19N3O3. The number of nitrogens with zero attached hydrogens (tertiary/aromatic N) is 2. The van der Waals surface area contributed by atoms with E-state index in [2.05, 4.69) is 5.32 Å². The fraction of sp³-hybridized carbons (Fsp3) is 0.500. The Bertz CT molecular complexity index is 410. The van der Waals surface area contributed by atoms with Crippen LogP contribution in [0.25, 0.3) is 0 Å². The average molecular weight is 253 g/mol. The second-order valence-corrected chi connectivity index (χ2v) is 3.95. The molecular weight excluding hydrogens is 234 g/mol. The highest BCUT2D eigenvalue weighted by Crippen LogP contribution is 2.25. The maximum absolute atomic E-state index is 10.9. The molecule has 0 bridgehead atoms. The minimum absolute atomic E-state index is 0.0788. The Morgan fingerprint density at radius 2 is 2.22 bits per heavy atom. The van der Waals surface area contributed by atoms with Crippen molar-refractivity contribution < 1.29 is 10.0 Å². The first-order chi connectivity index (χ1) is 8.62. The predicted molar refractivity (Wildman–Crippen MR) is 70.7 cm³/mol. The van der Waals surface area contributed by atoms with E-state index >= 15 is 0 Å². The lowest BCUT2D eigenvalue weighted by molar-refractivity contribution is -0.384. The number of nitro benzene ring substituents is 1. The SMILES string of the molecule is CCN(CCO)Cc1ccc(NC)c([N+](=O)[O-])c1. The van der Waals surface area contributed by atoms with Crippen LogP contribution in [0, 0.1) is 10.1 Å². The second kappa shape index (κ2) is 6.93. The first-order valence-electron chi connectivity index (χ1n) is 5.90. The van der Waals surface area contributed by atoms with Crippen LogP contribution in [0.1, 0.15) is 12.5 Å². The minimum atomic E-state index is -0.391. The van der Waals surface area contributed by atoms with Crippen molar-refractivity contribution in [2.45, 2.75) is 13.5 Å². The molecule has 0 aliphatic carbocycles. The Kier molecular flexibility index (Phi) is 5.54. The van der Waals surface area contributed by atoms with Gasteiger partial charge in [-0.05, 0) is 18.2 Å². The number of aliphatic hydroxyl groups is 1. The quantitative estimate of drug-likeness (QED) is 0.568. The predicted octanol–water partition coefficient (Wildman–Crippen LogP) is 1.45. The lowest BCUT2D eigenvalue weighted by Crippen LogP contribution is -2.26. The van der Waals surface area contributed by atoms with Crippen LogP contribution >= 0.6 is 0 Å². The fourth-order valence-electron chi connectivity index (χ4n) is 1.79. The normalized spacial score (nSPS) is 10.7. The third-order valence-electron chi connectivity index (χ3n) is 2.80. The third kappa shape index (κ3) is 3.68. The lowest BCUT2D eigenvalue weighted by Gasteiger charge is -2.19. The second-order valence-electron chi connectivity index (χ2n) is 3.95. The number of rotatable bonds is 7. The van der Waals surface area contributed by atoms with Crippen molar-refractivity contribution in [2.75, 3.05) is 32.1 Å². The number of hydrogen-bond donors (Lipinski definition) is 2. The van der Waals surface area contributed by atoms with Gasteiger partial charge in [0, 0.05) is 26.2 Å². The summed E-state index contributed by atoms with van der Waals surface area (Å²) in [5.74, 6) is 0. The molecule has 6 nitrogen and oxygen atoms in total. The molecule has 1 aromatic carbocycles. The van der Waals surface area contributed by atoms with Crippen molar-refractivity contribution in [1.29, 1.82) is 0 Å². The van der Waals surface area contributed by atoms with E-state index in [0.29, 0.717) is 18.8 Å². The zero-order chi connectivity index (χ0) is 13.5. The molecule has 0 fully saturated rings. The fourth-order valence-corrected chi connectivity index (χ4v) is 1.79. The van der Waals surface area contributed by atoms with Crippen molar-refractivity contribution in [2.24, 2.45) is 0 Å². The van der Waals surface area contributed by atoms with E-state index in [9.17, 15) is 10.1 Å². The molecule has 100 valence electrons. The van der Waals surface area contributed by atoms with Gasteiger partial charge in [-0.2, -0.15) is 0 Å². The maximum atomic E-state index is 10.9. The average Bonchev–Trinajstić information content (AvgIpc) is 2.38. The monoisotopic (exact) mass is 253 g/mol. The van der Waals surface area contributed by atoms with Crippen molar-refractivity contribution >= 4 is 11.4 Å². The largest absolute Gasteiger partial charge is 0.395 e. The Morgan fingerprint density at radius 1 is 1.50 bits per heavy atom. The molecule has 0 atom stereocenters. The summed E-state index contributed by atoms with van der Waals surface area (Å²) in [7, 11) is 1.66. The van der Waals surface area contributed by atoms with Crippen LogP contribution in [0.3, 0.4) is 0 Å². The zero-order valence-corrected chi connectivity index (χ0v) is 10.7. The first-order valence-corrected chi connectivity index (χ1v) is 5.90. The van der Waals surface area contributed by atoms with Gasteiger partial charge in [-0.25, -0.2) is 0 Å². The molecule has 0 aliphatic heterocycles. The number of hydrogen-bond acceptors (Lipinski definition) is 5. The first kappa shape index (κ1) is 14.4. The third-order valence-corrected chi connectivity index (χ3v) is 2.80. The van der Waals surface area contributed by atoms with Gasteiger partial charge in [-0.15, -0.1) is 0 Å². The highest BCUT2D eigenvalue weighted by molar-refractivity contribution is 5.62. The molecule has 0 heterocycles. The van der Waals surface area contributed by atoms with Gasteiger partial charge in [-0.1, -0.05) is 13.0 Å². The Morgan fingerprint density at radius 3 is 2.72 bits per heavy atom. The summed E-state index contributed by atoms with van der Waals surface area (Å²) in [6.45, 7) is 4.04. The molecule has 2 N–H and O–H groups in total. The molecule has 0 unspecified atom stereocenters. The minimum Gasteiger partial charge on any atom is -0.395 e. The molecule has 0 aliphatic rings. The van der Waals surface area contributed by atoms with Crippen molar-refractivity contribution in [3.05, 3.63) is 33.9 Å². The van der Waals surface area contributed by atoms with Crippen molar-refractivity contribution in [1.82, 2.24) is 4.90 Å². The van der Waals surface area contributed by atoms with Gasteiger partial charge in [-0.3, -0.25) is 15.0 Å². The highest BCUT2D eigenvalue weighted by atomic mass is 16.6. The maximum Gasteiger partial charge on any atom is 0.292 e. The Balaban J connectivity index is 2.90. The molecule has 0 radical (unpaired) electrons. The molecule has 0 saturated heterocycles. The molecule has 1 rings (SSSR count). The molecule has 0 aromatic heterocycles. The molecule has 1 aromatic rings. The van der Waals surface area contributed by atoms with Gasteiger partial charge in [0.25, 0.3) is 5.69 Å². The van der Waals surface area contributed by atoms with E-state index in [1.54, 1.807) is 19.2 Å². The summed E-state index contributed by atoms with van der Waals surface area (Å²) in [4.78, 5) is 12.6. The lowest BCUT2D eigenvalue weighted by atomic mass is 10.1. The highest BCUT2D eigenvalue weighted by Gasteiger charge is 2.14. The van der Waals surface area contributed by atoms with Crippen LogP contribution < -0.4 is 5.32 Å². The van der Waals surface area contributed by atoms with Crippen LogP contribution in [-0.2, 0) is 6.54 Å². The van der Waals surface area contributed by atoms with Crippen LogP contribution in [0.2, 0.25) is 0 Å².